The lowest BCUT2D eigenvalue weighted by atomic mass is 10.1. The van der Waals surface area contributed by atoms with Gasteiger partial charge in [0.1, 0.15) is 0 Å². The molecule has 104 valence electrons. The zero-order valence-electron chi connectivity index (χ0n) is 12.2. The van der Waals surface area contributed by atoms with Crippen molar-refractivity contribution in [3.05, 3.63) is 51.2 Å². The Morgan fingerprint density at radius 3 is 2.55 bits per heavy atom. The Balaban J connectivity index is 2.19. The maximum absolute atomic E-state index is 5.44. The molecule has 2 rings (SSSR count). The number of hydrogen-bond donors (Lipinski definition) is 1. The van der Waals surface area contributed by atoms with Gasteiger partial charge in [-0.05, 0) is 48.6 Å². The first kappa shape index (κ1) is 14.6. The van der Waals surface area contributed by atoms with E-state index < -0.39 is 0 Å². The molecule has 0 spiro atoms. The van der Waals surface area contributed by atoms with Crippen LogP contribution in [-0.2, 0) is 6.54 Å². The minimum atomic E-state index is 0.405. The van der Waals surface area contributed by atoms with E-state index in [0.29, 0.717) is 6.54 Å². The number of anilines is 1. The number of rotatable bonds is 3. The van der Waals surface area contributed by atoms with Crippen LogP contribution in [-0.4, -0.2) is 13.6 Å². The smallest absolute Gasteiger partial charge is 0.0555 e. The minimum absolute atomic E-state index is 0.405. The molecule has 0 aliphatic rings. The topological polar surface area (TPSA) is 29.3 Å². The van der Waals surface area contributed by atoms with Crippen LogP contribution in [0, 0.1) is 25.7 Å². The lowest BCUT2D eigenvalue weighted by molar-refractivity contribution is 0.935. The highest BCUT2D eigenvalue weighted by Crippen LogP contribution is 2.23. The zero-order chi connectivity index (χ0) is 14.5. The van der Waals surface area contributed by atoms with Crippen molar-refractivity contribution in [1.82, 2.24) is 0 Å². The number of aryl methyl sites for hydroxylation is 2. The SMILES string of the molecule is Cc1cc(C)cc(N(C)Cc2sccc2C#CCN)c1. The Kier molecular flexibility index (Phi) is 4.84. The quantitative estimate of drug-likeness (QED) is 0.876. The van der Waals surface area contributed by atoms with Crippen LogP contribution < -0.4 is 10.6 Å². The van der Waals surface area contributed by atoms with Gasteiger partial charge in [0, 0.05) is 23.2 Å². The molecule has 20 heavy (non-hydrogen) atoms. The van der Waals surface area contributed by atoms with Crippen molar-refractivity contribution in [3.8, 4) is 11.8 Å². The molecule has 1 aromatic heterocycles. The maximum Gasteiger partial charge on any atom is 0.0555 e. The number of hydrogen-bond acceptors (Lipinski definition) is 3. The van der Waals surface area contributed by atoms with Crippen molar-refractivity contribution in [2.24, 2.45) is 5.73 Å². The lowest BCUT2D eigenvalue weighted by Gasteiger charge is -2.20. The summed E-state index contributed by atoms with van der Waals surface area (Å²) in [4.78, 5) is 3.55. The van der Waals surface area contributed by atoms with Gasteiger partial charge >= 0.3 is 0 Å². The fraction of sp³-hybridized carbons (Fsp3) is 0.294. The van der Waals surface area contributed by atoms with Crippen LogP contribution in [0.5, 0.6) is 0 Å². The third-order valence-electron chi connectivity index (χ3n) is 3.10. The Bertz CT molecular complexity index is 626. The Morgan fingerprint density at radius 2 is 1.90 bits per heavy atom. The monoisotopic (exact) mass is 284 g/mol. The van der Waals surface area contributed by atoms with Gasteiger partial charge in [-0.1, -0.05) is 17.9 Å². The van der Waals surface area contributed by atoms with Gasteiger partial charge in [-0.2, -0.15) is 0 Å². The molecule has 0 fully saturated rings. The molecule has 2 N–H and O–H groups in total. The molecule has 0 saturated heterocycles. The van der Waals surface area contributed by atoms with Gasteiger partial charge in [-0.15, -0.1) is 11.3 Å². The van der Waals surface area contributed by atoms with E-state index in [1.54, 1.807) is 11.3 Å². The Hall–Kier alpha value is -1.76. The van der Waals surface area contributed by atoms with Crippen molar-refractivity contribution in [2.75, 3.05) is 18.5 Å². The summed E-state index contributed by atoms with van der Waals surface area (Å²) < 4.78 is 0. The Morgan fingerprint density at radius 1 is 1.20 bits per heavy atom. The van der Waals surface area contributed by atoms with Crippen LogP contribution >= 0.6 is 11.3 Å². The Labute approximate surface area is 125 Å². The third kappa shape index (κ3) is 3.63. The molecule has 2 aromatic rings. The molecule has 3 heteroatoms. The molecule has 0 bridgehead atoms. The van der Waals surface area contributed by atoms with Crippen LogP contribution in [0.1, 0.15) is 21.6 Å². The summed E-state index contributed by atoms with van der Waals surface area (Å²) in [6, 6.07) is 8.69. The van der Waals surface area contributed by atoms with Crippen molar-refractivity contribution in [2.45, 2.75) is 20.4 Å². The predicted octanol–water partition coefficient (Wildman–Crippen LogP) is 3.31. The zero-order valence-corrected chi connectivity index (χ0v) is 13.1. The van der Waals surface area contributed by atoms with Crippen LogP contribution in [0.25, 0.3) is 0 Å². The van der Waals surface area contributed by atoms with Crippen molar-refractivity contribution in [1.29, 1.82) is 0 Å². The summed E-state index contributed by atoms with van der Waals surface area (Å²) in [5.74, 6) is 6.07. The van der Waals surface area contributed by atoms with Gasteiger partial charge in [0.2, 0.25) is 0 Å². The highest BCUT2D eigenvalue weighted by Gasteiger charge is 2.07. The average molecular weight is 284 g/mol. The van der Waals surface area contributed by atoms with E-state index in [1.165, 1.54) is 21.7 Å². The van der Waals surface area contributed by atoms with Gasteiger partial charge < -0.3 is 10.6 Å². The summed E-state index contributed by atoms with van der Waals surface area (Å²) in [6.07, 6.45) is 0. The maximum atomic E-state index is 5.44. The number of nitrogens with two attached hydrogens (primary N) is 1. The second-order valence-corrected chi connectivity index (χ2v) is 5.97. The second-order valence-electron chi connectivity index (χ2n) is 4.97. The minimum Gasteiger partial charge on any atom is -0.369 e. The van der Waals surface area contributed by atoms with Crippen molar-refractivity contribution < 1.29 is 0 Å². The number of nitrogens with zero attached hydrogens (tertiary/aromatic N) is 1. The van der Waals surface area contributed by atoms with E-state index in [0.717, 1.165) is 12.1 Å². The molecule has 2 nitrogen and oxygen atoms in total. The van der Waals surface area contributed by atoms with E-state index in [2.05, 4.69) is 67.3 Å². The summed E-state index contributed by atoms with van der Waals surface area (Å²) >= 11 is 1.75. The number of thiophene rings is 1. The van der Waals surface area contributed by atoms with Gasteiger partial charge in [0.05, 0.1) is 13.1 Å². The van der Waals surface area contributed by atoms with Crippen LogP contribution in [0.2, 0.25) is 0 Å². The van der Waals surface area contributed by atoms with Crippen molar-refractivity contribution >= 4 is 17.0 Å². The highest BCUT2D eigenvalue weighted by atomic mass is 32.1. The summed E-state index contributed by atoms with van der Waals surface area (Å²) in [5, 5.41) is 2.09. The third-order valence-corrected chi connectivity index (χ3v) is 4.00. The molecular formula is C17H20N2S. The standard InChI is InChI=1S/C17H20N2S/c1-13-9-14(2)11-16(10-13)19(3)12-17-15(5-4-7-18)6-8-20-17/h6,8-11H,7,12,18H2,1-3H3. The van der Waals surface area contributed by atoms with Crippen LogP contribution in [0.15, 0.2) is 29.6 Å². The fourth-order valence-corrected chi connectivity index (χ4v) is 3.08. The first-order chi connectivity index (χ1) is 9.60. The molecule has 0 aliphatic heterocycles. The van der Waals surface area contributed by atoms with Gasteiger partial charge in [-0.3, -0.25) is 0 Å². The molecule has 0 amide bonds. The summed E-state index contributed by atoms with van der Waals surface area (Å²) in [7, 11) is 2.12. The number of benzene rings is 1. The molecule has 0 aliphatic carbocycles. The van der Waals surface area contributed by atoms with Gasteiger partial charge in [-0.25, -0.2) is 0 Å². The van der Waals surface area contributed by atoms with E-state index in [1.807, 2.05) is 0 Å². The largest absolute Gasteiger partial charge is 0.369 e. The first-order valence-electron chi connectivity index (χ1n) is 6.65. The molecule has 0 unspecified atom stereocenters. The lowest BCUT2D eigenvalue weighted by Crippen LogP contribution is -2.16. The van der Waals surface area contributed by atoms with E-state index in [9.17, 15) is 0 Å². The molecule has 0 saturated carbocycles. The molecular weight excluding hydrogens is 264 g/mol. The summed E-state index contributed by atoms with van der Waals surface area (Å²) in [6.45, 7) is 5.54. The second kappa shape index (κ2) is 6.60. The van der Waals surface area contributed by atoms with E-state index in [4.69, 9.17) is 5.73 Å². The van der Waals surface area contributed by atoms with E-state index >= 15 is 0 Å². The summed E-state index contributed by atoms with van der Waals surface area (Å²) in [5.41, 5.74) is 10.4. The molecule has 1 heterocycles. The molecule has 0 radical (unpaired) electrons. The fourth-order valence-electron chi connectivity index (χ4n) is 2.20. The normalized spacial score (nSPS) is 10.0. The van der Waals surface area contributed by atoms with Crippen molar-refractivity contribution in [3.63, 3.8) is 0 Å². The average Bonchev–Trinajstić information content (AvgIpc) is 2.82. The van der Waals surface area contributed by atoms with Crippen LogP contribution in [0.4, 0.5) is 5.69 Å². The molecule has 1 aromatic carbocycles. The predicted molar refractivity (Wildman–Crippen MR) is 88.3 cm³/mol. The first-order valence-corrected chi connectivity index (χ1v) is 7.53. The van der Waals surface area contributed by atoms with Crippen LogP contribution in [0.3, 0.4) is 0 Å². The highest BCUT2D eigenvalue weighted by molar-refractivity contribution is 7.10. The van der Waals surface area contributed by atoms with Gasteiger partial charge in [0.25, 0.3) is 0 Å². The van der Waals surface area contributed by atoms with E-state index in [-0.39, 0.29) is 0 Å². The molecule has 0 atom stereocenters. The van der Waals surface area contributed by atoms with Gasteiger partial charge in [0.15, 0.2) is 0 Å².